The number of non-ortho nitro benzene ring substituents is 1. The van der Waals surface area contributed by atoms with Crippen LogP contribution in [0.5, 0.6) is 0 Å². The standard InChI is InChI=1S/C11H9N3O4S2/c15-13(16)5-3-8-7-9(14(17)18)1-2-10(8)20-11-12-4-6-19-11/h1-3,5,7H,4,6H2/b5-3-. The van der Waals surface area contributed by atoms with E-state index in [1.807, 2.05) is 0 Å². The van der Waals surface area contributed by atoms with E-state index < -0.39 is 9.85 Å². The predicted octanol–water partition coefficient (Wildman–Crippen LogP) is 3.04. The third-order valence-electron chi connectivity index (χ3n) is 2.33. The molecule has 1 aromatic rings. The van der Waals surface area contributed by atoms with Crippen LogP contribution in [-0.2, 0) is 0 Å². The Balaban J connectivity index is 2.33. The summed E-state index contributed by atoms with van der Waals surface area (Å²) in [6.45, 7) is 0.750. The van der Waals surface area contributed by atoms with Crippen molar-refractivity contribution in [1.29, 1.82) is 0 Å². The fourth-order valence-corrected chi connectivity index (χ4v) is 3.50. The van der Waals surface area contributed by atoms with E-state index in [0.29, 0.717) is 10.5 Å². The molecule has 0 atom stereocenters. The zero-order chi connectivity index (χ0) is 14.5. The molecule has 0 fully saturated rings. The molecule has 1 aliphatic heterocycles. The number of aliphatic imine (C=N–C) groups is 1. The number of hydrogen-bond acceptors (Lipinski definition) is 7. The van der Waals surface area contributed by atoms with Crippen LogP contribution in [0, 0.1) is 20.2 Å². The molecule has 1 heterocycles. The summed E-state index contributed by atoms with van der Waals surface area (Å²) in [7, 11) is 0. The van der Waals surface area contributed by atoms with Crippen molar-refractivity contribution in [1.82, 2.24) is 0 Å². The van der Waals surface area contributed by atoms with E-state index >= 15 is 0 Å². The van der Waals surface area contributed by atoms with Crippen LogP contribution in [0.4, 0.5) is 5.69 Å². The maximum atomic E-state index is 10.8. The van der Waals surface area contributed by atoms with Crippen LogP contribution >= 0.6 is 23.5 Å². The van der Waals surface area contributed by atoms with Crippen molar-refractivity contribution in [2.45, 2.75) is 4.90 Å². The lowest BCUT2D eigenvalue weighted by Crippen LogP contribution is -1.92. The van der Waals surface area contributed by atoms with Gasteiger partial charge in [0.05, 0.1) is 16.4 Å². The van der Waals surface area contributed by atoms with Gasteiger partial charge in [0.2, 0.25) is 6.20 Å². The second kappa shape index (κ2) is 6.53. The third kappa shape index (κ3) is 3.81. The Morgan fingerprint density at radius 2 is 2.15 bits per heavy atom. The van der Waals surface area contributed by atoms with Crippen LogP contribution in [0.1, 0.15) is 5.56 Å². The van der Waals surface area contributed by atoms with Crippen LogP contribution < -0.4 is 0 Å². The fraction of sp³-hybridized carbons (Fsp3) is 0.182. The van der Waals surface area contributed by atoms with Gasteiger partial charge in [0.25, 0.3) is 5.69 Å². The average Bonchev–Trinajstić information content (AvgIpc) is 2.90. The van der Waals surface area contributed by atoms with Gasteiger partial charge in [-0.1, -0.05) is 23.5 Å². The number of benzene rings is 1. The zero-order valence-corrected chi connectivity index (χ0v) is 11.7. The number of nitrogens with zero attached hydrogens (tertiary/aromatic N) is 3. The number of nitro benzene ring substituents is 1. The number of hydrogen-bond donors (Lipinski definition) is 0. The van der Waals surface area contributed by atoms with Gasteiger partial charge in [-0.2, -0.15) is 0 Å². The molecule has 7 nitrogen and oxygen atoms in total. The molecule has 20 heavy (non-hydrogen) atoms. The van der Waals surface area contributed by atoms with Crippen molar-refractivity contribution >= 4 is 39.7 Å². The molecule has 0 spiro atoms. The molecule has 0 saturated carbocycles. The van der Waals surface area contributed by atoms with Crippen molar-refractivity contribution in [3.05, 3.63) is 50.2 Å². The zero-order valence-electron chi connectivity index (χ0n) is 10.1. The first-order chi connectivity index (χ1) is 9.56. The van der Waals surface area contributed by atoms with Crippen LogP contribution in [0.2, 0.25) is 0 Å². The molecule has 0 saturated heterocycles. The minimum absolute atomic E-state index is 0.0987. The van der Waals surface area contributed by atoms with Gasteiger partial charge in [-0.3, -0.25) is 25.2 Å². The molecule has 0 aliphatic carbocycles. The van der Waals surface area contributed by atoms with Gasteiger partial charge >= 0.3 is 0 Å². The summed E-state index contributed by atoms with van der Waals surface area (Å²) in [5.74, 6) is 0.912. The second-order valence-corrected chi connectivity index (χ2v) is 6.05. The smallest absolute Gasteiger partial charge is 0.270 e. The van der Waals surface area contributed by atoms with Crippen LogP contribution in [0.3, 0.4) is 0 Å². The first kappa shape index (κ1) is 14.5. The number of thioether (sulfide) groups is 2. The quantitative estimate of drug-likeness (QED) is 0.626. The number of nitro groups is 2. The van der Waals surface area contributed by atoms with Gasteiger partial charge in [0.15, 0.2) is 0 Å². The highest BCUT2D eigenvalue weighted by Gasteiger charge is 2.14. The summed E-state index contributed by atoms with van der Waals surface area (Å²) in [6.07, 6.45) is 2.03. The SMILES string of the molecule is O=[N+]([O-])/C=C\c1cc([N+](=O)[O-])ccc1SC1=NCCS1. The van der Waals surface area contributed by atoms with E-state index in [4.69, 9.17) is 0 Å². The molecule has 1 aromatic carbocycles. The van der Waals surface area contributed by atoms with E-state index in [2.05, 4.69) is 4.99 Å². The third-order valence-corrected chi connectivity index (χ3v) is 4.60. The molecule has 2 rings (SSSR count). The first-order valence-electron chi connectivity index (χ1n) is 5.51. The van der Waals surface area contributed by atoms with Crippen molar-refractivity contribution in [2.24, 2.45) is 4.99 Å². The van der Waals surface area contributed by atoms with Gasteiger partial charge in [-0.25, -0.2) is 0 Å². The topological polar surface area (TPSA) is 98.6 Å². The lowest BCUT2D eigenvalue weighted by Gasteiger charge is -2.04. The van der Waals surface area contributed by atoms with Gasteiger partial charge in [-0.05, 0) is 6.07 Å². The fourth-order valence-electron chi connectivity index (χ4n) is 1.49. The van der Waals surface area contributed by atoms with Gasteiger partial charge in [0.1, 0.15) is 4.38 Å². The normalized spacial score (nSPS) is 14.5. The minimum Gasteiger partial charge on any atom is -0.271 e. The van der Waals surface area contributed by atoms with E-state index in [-0.39, 0.29) is 5.69 Å². The Morgan fingerprint density at radius 1 is 1.35 bits per heavy atom. The summed E-state index contributed by atoms with van der Waals surface area (Å²) in [5, 5.41) is 21.2. The van der Waals surface area contributed by atoms with Gasteiger partial charge in [-0.15, -0.1) is 0 Å². The molecule has 0 bridgehead atoms. The Hall–Kier alpha value is -1.87. The summed E-state index contributed by atoms with van der Waals surface area (Å²) in [6, 6.07) is 4.29. The Bertz CT molecular complexity index is 616. The van der Waals surface area contributed by atoms with Gasteiger partial charge < -0.3 is 0 Å². The van der Waals surface area contributed by atoms with Crippen LogP contribution in [0.25, 0.3) is 6.08 Å². The maximum Gasteiger partial charge on any atom is 0.270 e. The van der Waals surface area contributed by atoms with Crippen molar-refractivity contribution in [3.63, 3.8) is 0 Å². The molecule has 1 aliphatic rings. The summed E-state index contributed by atoms with van der Waals surface area (Å²) < 4.78 is 0.870. The molecule has 104 valence electrons. The average molecular weight is 311 g/mol. The van der Waals surface area contributed by atoms with Crippen molar-refractivity contribution in [2.75, 3.05) is 12.3 Å². The largest absolute Gasteiger partial charge is 0.271 e. The Kier molecular flexibility index (Phi) is 4.74. The van der Waals surface area contributed by atoms with E-state index in [1.54, 1.807) is 17.8 Å². The Morgan fingerprint density at radius 3 is 2.75 bits per heavy atom. The highest BCUT2D eigenvalue weighted by atomic mass is 32.2. The number of rotatable bonds is 4. The molecular weight excluding hydrogens is 302 g/mol. The van der Waals surface area contributed by atoms with Crippen LogP contribution in [0.15, 0.2) is 34.3 Å². The van der Waals surface area contributed by atoms with Crippen LogP contribution in [-0.4, -0.2) is 26.5 Å². The summed E-state index contributed by atoms with van der Waals surface area (Å²) >= 11 is 2.97. The van der Waals surface area contributed by atoms with Crippen molar-refractivity contribution in [3.8, 4) is 0 Å². The summed E-state index contributed by atoms with van der Waals surface area (Å²) in [5.41, 5.74) is 0.342. The van der Waals surface area contributed by atoms with Gasteiger partial charge in [0, 0.05) is 34.4 Å². The Labute approximate surface area is 122 Å². The predicted molar refractivity (Wildman–Crippen MR) is 79.7 cm³/mol. The molecule has 0 N–H and O–H groups in total. The highest BCUT2D eigenvalue weighted by molar-refractivity contribution is 8.39. The molecular formula is C11H9N3O4S2. The molecule has 9 heteroatoms. The first-order valence-corrected chi connectivity index (χ1v) is 7.32. The minimum atomic E-state index is -0.602. The molecule has 0 aromatic heterocycles. The monoisotopic (exact) mass is 311 g/mol. The van der Waals surface area contributed by atoms with E-state index in [0.717, 1.165) is 22.9 Å². The second-order valence-electron chi connectivity index (χ2n) is 3.68. The lowest BCUT2D eigenvalue weighted by molar-refractivity contribution is -0.401. The lowest BCUT2D eigenvalue weighted by atomic mass is 10.2. The molecule has 0 amide bonds. The van der Waals surface area contributed by atoms with E-state index in [1.165, 1.54) is 30.0 Å². The maximum absolute atomic E-state index is 10.8. The highest BCUT2D eigenvalue weighted by Crippen LogP contribution is 2.33. The summed E-state index contributed by atoms with van der Waals surface area (Å²) in [4.78, 5) is 25.0. The molecule has 0 radical (unpaired) electrons. The molecule has 0 unspecified atom stereocenters. The van der Waals surface area contributed by atoms with E-state index in [9.17, 15) is 20.2 Å². The van der Waals surface area contributed by atoms with Crippen molar-refractivity contribution < 1.29 is 9.85 Å².